The molecule has 0 radical (unpaired) electrons. The Balaban J connectivity index is 1.40. The molecular formula is C30H36O5. The van der Waals surface area contributed by atoms with Gasteiger partial charge < -0.3 is 18.9 Å². The third-order valence-corrected chi connectivity index (χ3v) is 7.57. The van der Waals surface area contributed by atoms with Crippen LogP contribution >= 0.6 is 0 Å². The molecule has 0 aliphatic carbocycles. The van der Waals surface area contributed by atoms with E-state index >= 15 is 0 Å². The SMILES string of the molecule is COc1ccc2cc([C@H](C)C(=O)OCC[C@@]3(C)CCc4c(C)c(OC)c(C)c(C)c4O3)ccc2c1. The Hall–Kier alpha value is -3.21. The first-order valence-corrected chi connectivity index (χ1v) is 12.3. The number of hydrogen-bond acceptors (Lipinski definition) is 5. The monoisotopic (exact) mass is 476 g/mol. The predicted molar refractivity (Wildman–Crippen MR) is 139 cm³/mol. The topological polar surface area (TPSA) is 54.0 Å². The zero-order valence-electron chi connectivity index (χ0n) is 21.9. The van der Waals surface area contributed by atoms with Gasteiger partial charge in [0, 0.05) is 12.0 Å². The molecule has 186 valence electrons. The molecule has 0 saturated carbocycles. The lowest BCUT2D eigenvalue weighted by molar-refractivity contribution is -0.146. The number of ether oxygens (including phenoxy) is 4. The van der Waals surface area contributed by atoms with E-state index < -0.39 is 0 Å². The number of carbonyl (C=O) groups excluding carboxylic acids is 1. The third-order valence-electron chi connectivity index (χ3n) is 7.57. The van der Waals surface area contributed by atoms with Gasteiger partial charge in [-0.1, -0.05) is 24.3 Å². The lowest BCUT2D eigenvalue weighted by Gasteiger charge is -2.38. The molecule has 5 heteroatoms. The molecule has 0 amide bonds. The second-order valence-electron chi connectivity index (χ2n) is 9.88. The van der Waals surface area contributed by atoms with E-state index in [0.29, 0.717) is 13.0 Å². The van der Waals surface area contributed by atoms with Gasteiger partial charge in [-0.05, 0) is 92.6 Å². The van der Waals surface area contributed by atoms with Gasteiger partial charge in [0.1, 0.15) is 22.8 Å². The predicted octanol–water partition coefficient (Wildman–Crippen LogP) is 6.60. The average molecular weight is 477 g/mol. The summed E-state index contributed by atoms with van der Waals surface area (Å²) in [7, 11) is 3.38. The van der Waals surface area contributed by atoms with Crippen molar-refractivity contribution in [3.63, 3.8) is 0 Å². The van der Waals surface area contributed by atoms with E-state index in [1.807, 2.05) is 43.3 Å². The Morgan fingerprint density at radius 3 is 2.43 bits per heavy atom. The average Bonchev–Trinajstić information content (AvgIpc) is 2.86. The first-order valence-electron chi connectivity index (χ1n) is 12.3. The third kappa shape index (κ3) is 4.82. The van der Waals surface area contributed by atoms with Gasteiger partial charge in [-0.2, -0.15) is 0 Å². The summed E-state index contributed by atoms with van der Waals surface area (Å²) in [5.41, 5.74) is 5.17. The number of fused-ring (bicyclic) bond motifs is 2. The number of rotatable bonds is 7. The smallest absolute Gasteiger partial charge is 0.313 e. The van der Waals surface area contributed by atoms with Crippen LogP contribution in [0.2, 0.25) is 0 Å². The van der Waals surface area contributed by atoms with Crippen LogP contribution in [-0.2, 0) is 16.0 Å². The normalized spacial score (nSPS) is 17.9. The number of methoxy groups -OCH3 is 2. The Morgan fingerprint density at radius 1 is 1.00 bits per heavy atom. The summed E-state index contributed by atoms with van der Waals surface area (Å²) in [5, 5.41) is 2.15. The van der Waals surface area contributed by atoms with Crippen molar-refractivity contribution in [2.24, 2.45) is 0 Å². The highest BCUT2D eigenvalue weighted by Gasteiger charge is 2.35. The van der Waals surface area contributed by atoms with Gasteiger partial charge in [-0.15, -0.1) is 0 Å². The summed E-state index contributed by atoms with van der Waals surface area (Å²) in [6.45, 7) is 10.6. The van der Waals surface area contributed by atoms with E-state index in [9.17, 15) is 4.79 Å². The van der Waals surface area contributed by atoms with Crippen LogP contribution in [0.5, 0.6) is 17.2 Å². The fourth-order valence-electron chi connectivity index (χ4n) is 5.03. The summed E-state index contributed by atoms with van der Waals surface area (Å²) in [6.07, 6.45) is 2.43. The van der Waals surface area contributed by atoms with Crippen LogP contribution in [0.15, 0.2) is 36.4 Å². The number of hydrogen-bond donors (Lipinski definition) is 0. The Bertz CT molecular complexity index is 1260. The standard InChI is InChI=1S/C30H36O5/c1-18-19(2)28-26(21(4)27(18)33-7)12-13-30(5,35-28)14-15-34-29(31)20(3)22-8-9-24-17-25(32-6)11-10-23(24)16-22/h8-11,16-17,20H,12-15H2,1-7H3/t20-,30+/m0/s1. The van der Waals surface area contributed by atoms with Crippen LogP contribution in [0, 0.1) is 20.8 Å². The summed E-state index contributed by atoms with van der Waals surface area (Å²) in [6, 6.07) is 12.0. The lowest BCUT2D eigenvalue weighted by Crippen LogP contribution is -2.38. The second-order valence-corrected chi connectivity index (χ2v) is 9.88. The van der Waals surface area contributed by atoms with Crippen LogP contribution in [0.1, 0.15) is 60.4 Å². The summed E-state index contributed by atoms with van der Waals surface area (Å²) < 4.78 is 23.2. The summed E-state index contributed by atoms with van der Waals surface area (Å²) >= 11 is 0. The molecule has 0 saturated heterocycles. The second kappa shape index (κ2) is 9.80. The van der Waals surface area contributed by atoms with E-state index in [1.165, 1.54) is 5.56 Å². The molecule has 0 fully saturated rings. The Labute approximate surface area is 208 Å². The highest BCUT2D eigenvalue weighted by atomic mass is 16.5. The van der Waals surface area contributed by atoms with Gasteiger partial charge in [-0.3, -0.25) is 4.79 Å². The van der Waals surface area contributed by atoms with Crippen LogP contribution in [0.25, 0.3) is 10.8 Å². The molecule has 0 unspecified atom stereocenters. The van der Waals surface area contributed by atoms with Crippen molar-refractivity contribution in [3.05, 3.63) is 64.2 Å². The lowest BCUT2D eigenvalue weighted by atomic mass is 9.86. The largest absolute Gasteiger partial charge is 0.497 e. The molecule has 0 bridgehead atoms. The van der Waals surface area contributed by atoms with Gasteiger partial charge in [0.25, 0.3) is 0 Å². The molecule has 35 heavy (non-hydrogen) atoms. The maximum absolute atomic E-state index is 12.8. The Kier molecular flexibility index (Phi) is 6.98. The minimum atomic E-state index is -0.378. The quantitative estimate of drug-likeness (QED) is 0.360. The van der Waals surface area contributed by atoms with Crippen molar-refractivity contribution >= 4 is 16.7 Å². The van der Waals surface area contributed by atoms with E-state index in [0.717, 1.165) is 63.1 Å². The highest BCUT2D eigenvalue weighted by Crippen LogP contribution is 2.44. The van der Waals surface area contributed by atoms with Crippen LogP contribution in [-0.4, -0.2) is 32.4 Å². The number of benzene rings is 3. The number of carbonyl (C=O) groups is 1. The minimum absolute atomic E-state index is 0.217. The molecule has 2 atom stereocenters. The van der Waals surface area contributed by atoms with Gasteiger partial charge in [0.15, 0.2) is 0 Å². The first-order chi connectivity index (χ1) is 16.7. The molecular weight excluding hydrogens is 440 g/mol. The molecule has 1 aliphatic rings. The molecule has 5 nitrogen and oxygen atoms in total. The van der Waals surface area contributed by atoms with Crippen LogP contribution < -0.4 is 14.2 Å². The zero-order valence-corrected chi connectivity index (χ0v) is 21.9. The maximum atomic E-state index is 12.8. The summed E-state index contributed by atoms with van der Waals surface area (Å²) in [5.74, 6) is 2.16. The van der Waals surface area contributed by atoms with E-state index in [1.54, 1.807) is 14.2 Å². The van der Waals surface area contributed by atoms with Gasteiger partial charge in [-0.25, -0.2) is 0 Å². The van der Waals surface area contributed by atoms with Crippen LogP contribution in [0.3, 0.4) is 0 Å². The molecule has 0 N–H and O–H groups in total. The van der Waals surface area contributed by atoms with Crippen molar-refractivity contribution in [1.82, 2.24) is 0 Å². The molecule has 4 rings (SSSR count). The van der Waals surface area contributed by atoms with E-state index in [4.69, 9.17) is 18.9 Å². The van der Waals surface area contributed by atoms with E-state index in [2.05, 4.69) is 27.7 Å². The van der Waals surface area contributed by atoms with Gasteiger partial charge in [0.2, 0.25) is 0 Å². The molecule has 0 aromatic heterocycles. The first kappa shape index (κ1) is 24.9. The van der Waals surface area contributed by atoms with Gasteiger partial charge in [0.05, 0.1) is 26.7 Å². The van der Waals surface area contributed by atoms with Crippen molar-refractivity contribution in [2.75, 3.05) is 20.8 Å². The van der Waals surface area contributed by atoms with Crippen molar-refractivity contribution < 1.29 is 23.7 Å². The molecule has 3 aromatic carbocycles. The molecule has 1 heterocycles. The minimum Gasteiger partial charge on any atom is -0.497 e. The zero-order chi connectivity index (χ0) is 25.3. The maximum Gasteiger partial charge on any atom is 0.313 e. The van der Waals surface area contributed by atoms with Crippen molar-refractivity contribution in [3.8, 4) is 17.2 Å². The fraction of sp³-hybridized carbons (Fsp3) is 0.433. The fourth-order valence-corrected chi connectivity index (χ4v) is 5.03. The van der Waals surface area contributed by atoms with Gasteiger partial charge >= 0.3 is 5.97 Å². The number of esters is 1. The van der Waals surface area contributed by atoms with Crippen LogP contribution in [0.4, 0.5) is 0 Å². The molecule has 1 aliphatic heterocycles. The highest BCUT2D eigenvalue weighted by molar-refractivity contribution is 5.86. The Morgan fingerprint density at radius 2 is 1.71 bits per heavy atom. The summed E-state index contributed by atoms with van der Waals surface area (Å²) in [4.78, 5) is 12.8. The van der Waals surface area contributed by atoms with Crippen molar-refractivity contribution in [2.45, 2.75) is 65.4 Å². The molecule has 3 aromatic rings. The molecule has 0 spiro atoms. The van der Waals surface area contributed by atoms with E-state index in [-0.39, 0.29) is 17.5 Å². The van der Waals surface area contributed by atoms with Crippen molar-refractivity contribution in [1.29, 1.82) is 0 Å².